The molecular formula is C23H27N3O3. The van der Waals surface area contributed by atoms with Crippen molar-refractivity contribution in [1.29, 1.82) is 0 Å². The first-order chi connectivity index (χ1) is 14.0. The smallest absolute Gasteiger partial charge is 0.256 e. The SMILES string of the molecule is CC(C)CN1C(=O)c2ccccc2[C@H]1Nc1ccc(C(=O)N2CCOCC2)cc1. The van der Waals surface area contributed by atoms with Gasteiger partial charge < -0.3 is 19.9 Å². The third-order valence-electron chi connectivity index (χ3n) is 5.35. The zero-order chi connectivity index (χ0) is 20.4. The first kappa shape index (κ1) is 19.5. The number of rotatable bonds is 5. The highest BCUT2D eigenvalue weighted by Gasteiger charge is 2.36. The molecule has 1 fully saturated rings. The Morgan fingerprint density at radius 1 is 1.10 bits per heavy atom. The van der Waals surface area contributed by atoms with Crippen LogP contribution in [0.3, 0.4) is 0 Å². The molecule has 2 amide bonds. The molecule has 6 heteroatoms. The van der Waals surface area contributed by atoms with Crippen molar-refractivity contribution in [3.8, 4) is 0 Å². The topological polar surface area (TPSA) is 61.9 Å². The predicted molar refractivity (Wildman–Crippen MR) is 112 cm³/mol. The lowest BCUT2D eigenvalue weighted by atomic mass is 10.1. The first-order valence-electron chi connectivity index (χ1n) is 10.2. The summed E-state index contributed by atoms with van der Waals surface area (Å²) in [6, 6.07) is 15.3. The highest BCUT2D eigenvalue weighted by atomic mass is 16.5. The summed E-state index contributed by atoms with van der Waals surface area (Å²) >= 11 is 0. The molecule has 0 spiro atoms. The van der Waals surface area contributed by atoms with Crippen molar-refractivity contribution < 1.29 is 14.3 Å². The molecule has 2 heterocycles. The third kappa shape index (κ3) is 3.98. The van der Waals surface area contributed by atoms with Gasteiger partial charge in [0.25, 0.3) is 11.8 Å². The van der Waals surface area contributed by atoms with Crippen molar-refractivity contribution in [2.75, 3.05) is 38.2 Å². The third-order valence-corrected chi connectivity index (χ3v) is 5.35. The molecule has 1 N–H and O–H groups in total. The van der Waals surface area contributed by atoms with E-state index in [9.17, 15) is 9.59 Å². The van der Waals surface area contributed by atoms with Crippen molar-refractivity contribution in [1.82, 2.24) is 9.80 Å². The van der Waals surface area contributed by atoms with Gasteiger partial charge in [-0.3, -0.25) is 9.59 Å². The van der Waals surface area contributed by atoms with Crippen LogP contribution in [0, 0.1) is 5.92 Å². The molecular weight excluding hydrogens is 366 g/mol. The zero-order valence-corrected chi connectivity index (χ0v) is 16.9. The number of hydrogen-bond acceptors (Lipinski definition) is 4. The Balaban J connectivity index is 1.52. The Morgan fingerprint density at radius 2 is 1.79 bits per heavy atom. The minimum atomic E-state index is -0.207. The first-order valence-corrected chi connectivity index (χ1v) is 10.2. The van der Waals surface area contributed by atoms with E-state index < -0.39 is 0 Å². The van der Waals surface area contributed by atoms with E-state index in [1.54, 1.807) is 0 Å². The lowest BCUT2D eigenvalue weighted by Crippen LogP contribution is -2.40. The predicted octanol–water partition coefficient (Wildman–Crippen LogP) is 3.38. The maximum Gasteiger partial charge on any atom is 0.256 e. The summed E-state index contributed by atoms with van der Waals surface area (Å²) in [4.78, 5) is 29.2. The van der Waals surface area contributed by atoms with Crippen molar-refractivity contribution >= 4 is 17.5 Å². The van der Waals surface area contributed by atoms with E-state index in [4.69, 9.17) is 4.74 Å². The fourth-order valence-corrected chi connectivity index (χ4v) is 3.92. The number of morpholine rings is 1. The number of anilines is 1. The van der Waals surface area contributed by atoms with Crippen LogP contribution in [0.25, 0.3) is 0 Å². The lowest BCUT2D eigenvalue weighted by Gasteiger charge is -2.29. The fraction of sp³-hybridized carbons (Fsp3) is 0.391. The molecule has 6 nitrogen and oxygen atoms in total. The van der Waals surface area contributed by atoms with Crippen LogP contribution in [0.2, 0.25) is 0 Å². The highest BCUT2D eigenvalue weighted by molar-refractivity contribution is 5.99. The largest absolute Gasteiger partial charge is 0.378 e. The molecule has 2 aliphatic rings. The van der Waals surface area contributed by atoms with Crippen molar-refractivity contribution in [2.45, 2.75) is 20.0 Å². The van der Waals surface area contributed by atoms with Gasteiger partial charge in [-0.1, -0.05) is 32.0 Å². The summed E-state index contributed by atoms with van der Waals surface area (Å²) in [7, 11) is 0. The van der Waals surface area contributed by atoms with Crippen LogP contribution in [0.5, 0.6) is 0 Å². The van der Waals surface area contributed by atoms with Gasteiger partial charge >= 0.3 is 0 Å². The average molecular weight is 393 g/mol. The number of carbonyl (C=O) groups is 2. The molecule has 152 valence electrons. The molecule has 0 saturated carbocycles. The average Bonchev–Trinajstić information content (AvgIpc) is 3.00. The Kier molecular flexibility index (Phi) is 5.53. The quantitative estimate of drug-likeness (QED) is 0.846. The van der Waals surface area contributed by atoms with Crippen LogP contribution < -0.4 is 5.32 Å². The van der Waals surface area contributed by atoms with Gasteiger partial charge in [0, 0.05) is 42.0 Å². The minimum absolute atomic E-state index is 0.0303. The van der Waals surface area contributed by atoms with Gasteiger partial charge in [0.05, 0.1) is 13.2 Å². The number of nitrogens with one attached hydrogen (secondary N) is 1. The summed E-state index contributed by atoms with van der Waals surface area (Å²) in [6.07, 6.45) is -0.207. The van der Waals surface area contributed by atoms with Crippen LogP contribution in [0.15, 0.2) is 48.5 Å². The van der Waals surface area contributed by atoms with Gasteiger partial charge in [-0.05, 0) is 36.2 Å². The van der Waals surface area contributed by atoms with E-state index in [2.05, 4.69) is 19.2 Å². The summed E-state index contributed by atoms with van der Waals surface area (Å²) < 4.78 is 5.32. The van der Waals surface area contributed by atoms with Gasteiger partial charge in [-0.25, -0.2) is 0 Å². The number of fused-ring (bicyclic) bond motifs is 1. The molecule has 29 heavy (non-hydrogen) atoms. The molecule has 1 saturated heterocycles. The number of hydrogen-bond donors (Lipinski definition) is 1. The summed E-state index contributed by atoms with van der Waals surface area (Å²) in [5.74, 6) is 0.458. The van der Waals surface area contributed by atoms with Crippen LogP contribution in [-0.2, 0) is 4.74 Å². The van der Waals surface area contributed by atoms with Gasteiger partial charge in [0.2, 0.25) is 0 Å². The number of ether oxygens (including phenoxy) is 1. The maximum atomic E-state index is 12.9. The standard InChI is InChI=1S/C23H27N3O3/c1-16(2)15-26-21(19-5-3-4-6-20(19)23(26)28)24-18-9-7-17(8-10-18)22(27)25-11-13-29-14-12-25/h3-10,16,21,24H,11-15H2,1-2H3/t21-/m0/s1. The van der Waals surface area contributed by atoms with E-state index in [1.807, 2.05) is 58.3 Å². The second kappa shape index (κ2) is 8.25. The van der Waals surface area contributed by atoms with Crippen molar-refractivity contribution in [3.05, 3.63) is 65.2 Å². The summed E-state index contributed by atoms with van der Waals surface area (Å²) in [5, 5.41) is 3.49. The Labute approximate surface area is 171 Å². The Morgan fingerprint density at radius 3 is 2.48 bits per heavy atom. The van der Waals surface area contributed by atoms with Crippen LogP contribution in [0.4, 0.5) is 5.69 Å². The van der Waals surface area contributed by atoms with E-state index in [0.717, 1.165) is 16.8 Å². The second-order valence-corrected chi connectivity index (χ2v) is 7.97. The van der Waals surface area contributed by atoms with Crippen molar-refractivity contribution in [2.24, 2.45) is 5.92 Å². The second-order valence-electron chi connectivity index (χ2n) is 7.97. The summed E-state index contributed by atoms with van der Waals surface area (Å²) in [6.45, 7) is 7.34. The van der Waals surface area contributed by atoms with E-state index in [0.29, 0.717) is 44.3 Å². The minimum Gasteiger partial charge on any atom is -0.378 e. The monoisotopic (exact) mass is 393 g/mol. The van der Waals surface area contributed by atoms with Crippen LogP contribution >= 0.6 is 0 Å². The molecule has 2 aromatic rings. The van der Waals surface area contributed by atoms with E-state index >= 15 is 0 Å². The molecule has 1 atom stereocenters. The van der Waals surface area contributed by atoms with Gasteiger partial charge in [0.1, 0.15) is 6.17 Å². The van der Waals surface area contributed by atoms with Crippen molar-refractivity contribution in [3.63, 3.8) is 0 Å². The molecule has 4 rings (SSSR count). The zero-order valence-electron chi connectivity index (χ0n) is 16.9. The Bertz CT molecular complexity index is 888. The normalized spacial score (nSPS) is 18.9. The summed E-state index contributed by atoms with van der Waals surface area (Å²) in [5.41, 5.74) is 3.29. The van der Waals surface area contributed by atoms with Gasteiger partial charge in [-0.2, -0.15) is 0 Å². The highest BCUT2D eigenvalue weighted by Crippen LogP contribution is 2.34. The molecule has 0 aromatic heterocycles. The van der Waals surface area contributed by atoms with Crippen LogP contribution in [0.1, 0.15) is 46.3 Å². The van der Waals surface area contributed by atoms with Crippen LogP contribution in [-0.4, -0.2) is 54.5 Å². The number of amides is 2. The lowest BCUT2D eigenvalue weighted by molar-refractivity contribution is 0.0303. The van der Waals surface area contributed by atoms with E-state index in [1.165, 1.54) is 0 Å². The fourth-order valence-electron chi connectivity index (χ4n) is 3.92. The molecule has 2 aromatic carbocycles. The van der Waals surface area contributed by atoms with E-state index in [-0.39, 0.29) is 18.0 Å². The molecule has 0 radical (unpaired) electrons. The number of nitrogens with zero attached hydrogens (tertiary/aromatic N) is 2. The Hall–Kier alpha value is -2.86. The van der Waals surface area contributed by atoms with Gasteiger partial charge in [-0.15, -0.1) is 0 Å². The molecule has 0 unspecified atom stereocenters. The maximum absolute atomic E-state index is 12.9. The molecule has 0 bridgehead atoms. The van der Waals surface area contributed by atoms with Gasteiger partial charge in [0.15, 0.2) is 0 Å². The molecule has 2 aliphatic heterocycles. The number of benzene rings is 2. The molecule has 0 aliphatic carbocycles. The number of carbonyl (C=O) groups excluding carboxylic acids is 2.